The Morgan fingerprint density at radius 3 is 1.62 bits per heavy atom. The second-order valence-corrected chi connectivity index (χ2v) is 4.56. The summed E-state index contributed by atoms with van der Waals surface area (Å²) in [6.07, 6.45) is 1.96. The fourth-order valence-electron chi connectivity index (χ4n) is 2.01. The van der Waals surface area contributed by atoms with Gasteiger partial charge in [0.25, 0.3) is 0 Å². The van der Waals surface area contributed by atoms with E-state index < -0.39 is 0 Å². The predicted octanol–water partition coefficient (Wildman–Crippen LogP) is 3.55. The van der Waals surface area contributed by atoms with Gasteiger partial charge in [0, 0.05) is 0 Å². The fourth-order valence-corrected chi connectivity index (χ4v) is 2.31. The average molecular weight is 251 g/mol. The normalized spacial score (nSPS) is 13.1. The van der Waals surface area contributed by atoms with Crippen LogP contribution < -0.4 is 0 Å². The molecule has 0 aliphatic heterocycles. The molecule has 16 heavy (non-hydrogen) atoms. The zero-order valence-electron chi connectivity index (χ0n) is 8.37. The Morgan fingerprint density at radius 2 is 1.19 bits per heavy atom. The van der Waals surface area contributed by atoms with Crippen molar-refractivity contribution < 1.29 is 0 Å². The Labute approximate surface area is 103 Å². The van der Waals surface area contributed by atoms with Crippen LogP contribution in [0.1, 0.15) is 11.1 Å². The van der Waals surface area contributed by atoms with Gasteiger partial charge in [0.15, 0.2) is 0 Å². The molecule has 1 aliphatic carbocycles. The number of hydrogen-bond donors (Lipinski definition) is 0. The third-order valence-electron chi connectivity index (χ3n) is 2.78. The van der Waals surface area contributed by atoms with Gasteiger partial charge in [-0.15, -0.1) is 0 Å². The van der Waals surface area contributed by atoms with Gasteiger partial charge in [0.1, 0.15) is 10.3 Å². The van der Waals surface area contributed by atoms with Crippen LogP contribution >= 0.6 is 23.2 Å². The lowest BCUT2D eigenvalue weighted by molar-refractivity contribution is 0.912. The summed E-state index contributed by atoms with van der Waals surface area (Å²) in [5.74, 6) is 0. The lowest BCUT2D eigenvalue weighted by atomic mass is 9.93. The van der Waals surface area contributed by atoms with Crippen LogP contribution in [0, 0.1) is 0 Å². The molecule has 0 radical (unpaired) electrons. The van der Waals surface area contributed by atoms with Crippen LogP contribution in [0.25, 0.3) is 11.4 Å². The van der Waals surface area contributed by atoms with Crippen molar-refractivity contribution >= 4 is 23.2 Å². The molecule has 0 saturated heterocycles. The molecule has 80 valence electrons. The van der Waals surface area contributed by atoms with Crippen LogP contribution in [-0.2, 0) is 12.8 Å². The number of pyridine rings is 2. The van der Waals surface area contributed by atoms with Crippen molar-refractivity contribution in [2.45, 2.75) is 12.8 Å². The van der Waals surface area contributed by atoms with E-state index in [1.54, 1.807) is 0 Å². The largest absolute Gasteiger partial charge is 0.234 e. The third-order valence-corrected chi connectivity index (χ3v) is 3.20. The first-order valence-electron chi connectivity index (χ1n) is 5.05. The minimum absolute atomic E-state index is 0.494. The molecular formula is C12H8Cl2N2. The van der Waals surface area contributed by atoms with E-state index in [0.717, 1.165) is 24.2 Å². The van der Waals surface area contributed by atoms with Crippen LogP contribution in [0.3, 0.4) is 0 Å². The topological polar surface area (TPSA) is 25.8 Å². The molecule has 0 unspecified atom stereocenters. The van der Waals surface area contributed by atoms with E-state index >= 15 is 0 Å². The van der Waals surface area contributed by atoms with Gasteiger partial charge in [0.2, 0.25) is 0 Å². The summed E-state index contributed by atoms with van der Waals surface area (Å²) in [5, 5.41) is 0.988. The molecule has 2 heterocycles. The van der Waals surface area contributed by atoms with Crippen molar-refractivity contribution in [3.8, 4) is 11.4 Å². The van der Waals surface area contributed by atoms with Gasteiger partial charge in [-0.2, -0.15) is 0 Å². The summed E-state index contributed by atoms with van der Waals surface area (Å²) in [6.45, 7) is 0. The first-order chi connectivity index (χ1) is 7.74. The monoisotopic (exact) mass is 250 g/mol. The number of rotatable bonds is 0. The highest BCUT2D eigenvalue weighted by atomic mass is 35.5. The molecule has 2 aromatic rings. The predicted molar refractivity (Wildman–Crippen MR) is 64.9 cm³/mol. The Bertz CT molecular complexity index is 515. The number of aryl methyl sites for hydroxylation is 2. The molecule has 0 spiro atoms. The highest BCUT2D eigenvalue weighted by Gasteiger charge is 2.19. The van der Waals surface area contributed by atoms with Crippen molar-refractivity contribution in [3.63, 3.8) is 0 Å². The van der Waals surface area contributed by atoms with Crippen LogP contribution in [0.5, 0.6) is 0 Å². The number of nitrogens with zero attached hydrogens (tertiary/aromatic N) is 2. The zero-order chi connectivity index (χ0) is 11.1. The van der Waals surface area contributed by atoms with Crippen LogP contribution in [-0.4, -0.2) is 9.97 Å². The van der Waals surface area contributed by atoms with E-state index in [-0.39, 0.29) is 0 Å². The lowest BCUT2D eigenvalue weighted by Gasteiger charge is -2.17. The molecule has 2 aromatic heterocycles. The van der Waals surface area contributed by atoms with Gasteiger partial charge in [0.05, 0.1) is 11.4 Å². The number of halogens is 2. The van der Waals surface area contributed by atoms with Crippen LogP contribution in [0.2, 0.25) is 10.3 Å². The molecule has 3 rings (SSSR count). The third kappa shape index (κ3) is 1.58. The first-order valence-corrected chi connectivity index (χ1v) is 5.81. The second kappa shape index (κ2) is 3.72. The van der Waals surface area contributed by atoms with E-state index in [4.69, 9.17) is 23.2 Å². The maximum atomic E-state index is 5.91. The number of fused-ring (bicyclic) bond motifs is 3. The lowest BCUT2D eigenvalue weighted by Crippen LogP contribution is -2.07. The maximum absolute atomic E-state index is 5.91. The molecule has 0 bridgehead atoms. The quantitative estimate of drug-likeness (QED) is 0.669. The molecule has 0 saturated carbocycles. The Balaban J connectivity index is 2.28. The Hall–Kier alpha value is -1.12. The van der Waals surface area contributed by atoms with E-state index in [2.05, 4.69) is 9.97 Å². The average Bonchev–Trinajstić information content (AvgIpc) is 2.29. The molecule has 1 aliphatic rings. The molecule has 0 aromatic carbocycles. The summed E-state index contributed by atoms with van der Waals surface area (Å²) >= 11 is 11.8. The highest BCUT2D eigenvalue weighted by Crippen LogP contribution is 2.32. The van der Waals surface area contributed by atoms with E-state index in [1.807, 2.05) is 24.3 Å². The zero-order valence-corrected chi connectivity index (χ0v) is 9.89. The van der Waals surface area contributed by atoms with Gasteiger partial charge in [-0.05, 0) is 36.1 Å². The summed E-state index contributed by atoms with van der Waals surface area (Å²) in [6, 6.07) is 7.65. The highest BCUT2D eigenvalue weighted by molar-refractivity contribution is 6.30. The smallest absolute Gasteiger partial charge is 0.129 e. The fraction of sp³-hybridized carbons (Fsp3) is 0.167. The standard InChI is InChI=1S/C12H8Cl2N2/c13-9-5-3-7-1-2-8-4-6-10(14)16-12(8)11(7)15-9/h3-6H,1-2H2. The summed E-state index contributed by atoms with van der Waals surface area (Å²) in [7, 11) is 0. The Morgan fingerprint density at radius 1 is 0.750 bits per heavy atom. The van der Waals surface area contributed by atoms with Crippen molar-refractivity contribution in [3.05, 3.63) is 45.7 Å². The van der Waals surface area contributed by atoms with Gasteiger partial charge in [-0.3, -0.25) is 0 Å². The maximum Gasteiger partial charge on any atom is 0.129 e. The molecule has 4 heteroatoms. The minimum atomic E-state index is 0.494. The van der Waals surface area contributed by atoms with Crippen LogP contribution in [0.4, 0.5) is 0 Å². The van der Waals surface area contributed by atoms with Gasteiger partial charge < -0.3 is 0 Å². The minimum Gasteiger partial charge on any atom is -0.234 e. The molecule has 0 N–H and O–H groups in total. The molecule has 2 nitrogen and oxygen atoms in total. The van der Waals surface area contributed by atoms with E-state index in [9.17, 15) is 0 Å². The first kappa shape index (κ1) is 10.1. The van der Waals surface area contributed by atoms with Gasteiger partial charge >= 0.3 is 0 Å². The summed E-state index contributed by atoms with van der Waals surface area (Å²) in [5.41, 5.74) is 4.12. The van der Waals surface area contributed by atoms with Crippen molar-refractivity contribution in [2.75, 3.05) is 0 Å². The second-order valence-electron chi connectivity index (χ2n) is 3.78. The number of hydrogen-bond acceptors (Lipinski definition) is 2. The SMILES string of the molecule is Clc1ccc2c(n1)-c1nc(Cl)ccc1CC2. The summed E-state index contributed by atoms with van der Waals surface area (Å²) < 4.78 is 0. The molecule has 0 fully saturated rings. The Kier molecular flexibility index (Phi) is 2.34. The van der Waals surface area contributed by atoms with Gasteiger partial charge in [-0.25, -0.2) is 9.97 Å². The van der Waals surface area contributed by atoms with E-state index in [0.29, 0.717) is 10.3 Å². The molecular weight excluding hydrogens is 243 g/mol. The van der Waals surface area contributed by atoms with Crippen molar-refractivity contribution in [2.24, 2.45) is 0 Å². The van der Waals surface area contributed by atoms with Crippen molar-refractivity contribution in [1.82, 2.24) is 9.97 Å². The molecule has 0 atom stereocenters. The van der Waals surface area contributed by atoms with E-state index in [1.165, 1.54) is 11.1 Å². The van der Waals surface area contributed by atoms with Crippen LogP contribution in [0.15, 0.2) is 24.3 Å². The molecule has 0 amide bonds. The van der Waals surface area contributed by atoms with Crippen molar-refractivity contribution in [1.29, 1.82) is 0 Å². The van der Waals surface area contributed by atoms with Gasteiger partial charge in [-0.1, -0.05) is 35.3 Å². The summed E-state index contributed by atoms with van der Waals surface area (Å²) in [4.78, 5) is 8.68. The number of aromatic nitrogens is 2.